The van der Waals surface area contributed by atoms with Gasteiger partial charge in [0.2, 0.25) is 0 Å². The minimum absolute atomic E-state index is 0.343. The monoisotopic (exact) mass is 223 g/mol. The van der Waals surface area contributed by atoms with Crippen LogP contribution in [-0.4, -0.2) is 17.6 Å². The van der Waals surface area contributed by atoms with Gasteiger partial charge in [-0.2, -0.15) is 0 Å². The van der Waals surface area contributed by atoms with Crippen LogP contribution in [-0.2, 0) is 11.8 Å². The van der Waals surface area contributed by atoms with Gasteiger partial charge in [0.15, 0.2) is 0 Å². The number of fused-ring (bicyclic) bond motifs is 1. The van der Waals surface area contributed by atoms with E-state index in [0.29, 0.717) is 10.7 Å². The molecule has 0 amide bonds. The average molecular weight is 224 g/mol. The molecule has 0 spiro atoms. The van der Waals surface area contributed by atoms with Crippen LogP contribution in [0.4, 0.5) is 0 Å². The molecule has 2 rings (SSSR count). The number of halogens is 1. The molecule has 15 heavy (non-hydrogen) atoms. The number of benzene rings is 1. The van der Waals surface area contributed by atoms with Crippen molar-refractivity contribution in [2.24, 2.45) is 7.05 Å². The standard InChI is InChI=1S/C11H10ClNO2/c1-13-9-4-3-8(12)5-7(9)6-10(13)11(14)15-2/h3-6H,1-2H3. The minimum Gasteiger partial charge on any atom is -0.464 e. The molecule has 0 N–H and O–H groups in total. The van der Waals surface area contributed by atoms with Crippen LogP contribution in [0.2, 0.25) is 5.02 Å². The second-order valence-electron chi connectivity index (χ2n) is 3.28. The zero-order chi connectivity index (χ0) is 11.0. The Morgan fingerprint density at radius 1 is 1.40 bits per heavy atom. The van der Waals surface area contributed by atoms with Crippen molar-refractivity contribution in [2.75, 3.05) is 7.11 Å². The zero-order valence-corrected chi connectivity index (χ0v) is 9.21. The number of ether oxygens (including phenoxy) is 1. The normalized spacial score (nSPS) is 10.6. The molecule has 3 nitrogen and oxygen atoms in total. The summed E-state index contributed by atoms with van der Waals surface area (Å²) in [7, 11) is 3.19. The van der Waals surface area contributed by atoms with E-state index in [4.69, 9.17) is 11.6 Å². The Bertz CT molecular complexity index is 531. The number of aryl methyl sites for hydroxylation is 1. The molecule has 0 saturated heterocycles. The summed E-state index contributed by atoms with van der Waals surface area (Å²) in [5.74, 6) is -0.343. The maximum absolute atomic E-state index is 11.4. The molecule has 4 heteroatoms. The Hall–Kier alpha value is -1.48. The Morgan fingerprint density at radius 3 is 2.80 bits per heavy atom. The predicted molar refractivity (Wildman–Crippen MR) is 59.3 cm³/mol. The lowest BCUT2D eigenvalue weighted by molar-refractivity contribution is 0.0590. The van der Waals surface area contributed by atoms with E-state index < -0.39 is 0 Å². The topological polar surface area (TPSA) is 31.2 Å². The van der Waals surface area contributed by atoms with Crippen LogP contribution >= 0.6 is 11.6 Å². The summed E-state index contributed by atoms with van der Waals surface area (Å²) in [6, 6.07) is 7.27. The molecule has 0 unspecified atom stereocenters. The molecule has 0 radical (unpaired) electrons. The Kier molecular flexibility index (Phi) is 2.40. The lowest BCUT2D eigenvalue weighted by Crippen LogP contribution is -2.06. The van der Waals surface area contributed by atoms with Crippen molar-refractivity contribution in [1.29, 1.82) is 0 Å². The fraction of sp³-hybridized carbons (Fsp3) is 0.182. The first kappa shape index (κ1) is 10.1. The van der Waals surface area contributed by atoms with Gasteiger partial charge in [-0.05, 0) is 24.3 Å². The summed E-state index contributed by atoms with van der Waals surface area (Å²) in [4.78, 5) is 11.4. The van der Waals surface area contributed by atoms with Crippen LogP contribution in [0.5, 0.6) is 0 Å². The second kappa shape index (κ2) is 3.59. The number of nitrogens with zero attached hydrogens (tertiary/aromatic N) is 1. The summed E-state index contributed by atoms with van der Waals surface area (Å²) in [5, 5.41) is 1.59. The van der Waals surface area contributed by atoms with Gasteiger partial charge in [0.25, 0.3) is 0 Å². The number of hydrogen-bond donors (Lipinski definition) is 0. The number of rotatable bonds is 1. The first-order valence-electron chi connectivity index (χ1n) is 4.47. The third-order valence-corrected chi connectivity index (χ3v) is 2.63. The smallest absolute Gasteiger partial charge is 0.354 e. The number of esters is 1. The molecule has 0 bridgehead atoms. The number of aromatic nitrogens is 1. The molecule has 1 aromatic carbocycles. The molecule has 78 valence electrons. The van der Waals surface area contributed by atoms with Gasteiger partial charge in [-0.3, -0.25) is 0 Å². The molecule has 1 heterocycles. The van der Waals surface area contributed by atoms with Gasteiger partial charge in [0.05, 0.1) is 7.11 Å². The van der Waals surface area contributed by atoms with E-state index in [1.165, 1.54) is 7.11 Å². The number of hydrogen-bond acceptors (Lipinski definition) is 2. The van der Waals surface area contributed by atoms with Crippen LogP contribution < -0.4 is 0 Å². The summed E-state index contributed by atoms with van der Waals surface area (Å²) >= 11 is 5.87. The highest BCUT2D eigenvalue weighted by Gasteiger charge is 2.13. The molecular formula is C11H10ClNO2. The molecule has 1 aromatic heterocycles. The van der Waals surface area contributed by atoms with Gasteiger partial charge in [0.1, 0.15) is 5.69 Å². The second-order valence-corrected chi connectivity index (χ2v) is 3.72. The maximum atomic E-state index is 11.4. The highest BCUT2D eigenvalue weighted by Crippen LogP contribution is 2.22. The van der Waals surface area contributed by atoms with E-state index in [9.17, 15) is 4.79 Å². The first-order valence-corrected chi connectivity index (χ1v) is 4.84. The number of carbonyl (C=O) groups is 1. The highest BCUT2D eigenvalue weighted by atomic mass is 35.5. The molecule has 0 saturated carbocycles. The number of methoxy groups -OCH3 is 1. The SMILES string of the molecule is COC(=O)c1cc2cc(Cl)ccc2n1C. The van der Waals surface area contributed by atoms with E-state index >= 15 is 0 Å². The third kappa shape index (κ3) is 1.59. The fourth-order valence-corrected chi connectivity index (χ4v) is 1.80. The van der Waals surface area contributed by atoms with Crippen molar-refractivity contribution in [3.05, 3.63) is 35.0 Å². The summed E-state index contributed by atoms with van der Waals surface area (Å²) in [5.41, 5.74) is 1.48. The lowest BCUT2D eigenvalue weighted by Gasteiger charge is -2.01. The van der Waals surface area contributed by atoms with Crippen LogP contribution in [0.25, 0.3) is 10.9 Å². The van der Waals surface area contributed by atoms with Crippen LogP contribution in [0.1, 0.15) is 10.5 Å². The molecule has 0 atom stereocenters. The van der Waals surface area contributed by atoms with E-state index in [1.807, 2.05) is 19.2 Å². The highest BCUT2D eigenvalue weighted by molar-refractivity contribution is 6.31. The molecular weight excluding hydrogens is 214 g/mol. The molecule has 0 aliphatic heterocycles. The van der Waals surface area contributed by atoms with Gasteiger partial charge < -0.3 is 9.30 Å². The van der Waals surface area contributed by atoms with E-state index in [2.05, 4.69) is 4.74 Å². The van der Waals surface area contributed by atoms with Gasteiger partial charge >= 0.3 is 5.97 Å². The van der Waals surface area contributed by atoms with Crippen molar-refractivity contribution in [3.63, 3.8) is 0 Å². The quantitative estimate of drug-likeness (QED) is 0.696. The van der Waals surface area contributed by atoms with Crippen molar-refractivity contribution < 1.29 is 9.53 Å². The van der Waals surface area contributed by atoms with Crippen molar-refractivity contribution in [1.82, 2.24) is 4.57 Å². The minimum atomic E-state index is -0.343. The maximum Gasteiger partial charge on any atom is 0.354 e. The van der Waals surface area contributed by atoms with Gasteiger partial charge in [-0.1, -0.05) is 11.6 Å². The largest absolute Gasteiger partial charge is 0.464 e. The van der Waals surface area contributed by atoms with E-state index in [-0.39, 0.29) is 5.97 Å². The third-order valence-electron chi connectivity index (χ3n) is 2.40. The lowest BCUT2D eigenvalue weighted by atomic mass is 10.2. The van der Waals surface area contributed by atoms with E-state index in [0.717, 1.165) is 10.9 Å². The Balaban J connectivity index is 2.69. The predicted octanol–water partition coefficient (Wildman–Crippen LogP) is 2.62. The molecule has 2 aromatic rings. The molecule has 0 fully saturated rings. The fourth-order valence-electron chi connectivity index (χ4n) is 1.62. The molecule has 0 aliphatic rings. The van der Waals surface area contributed by atoms with Gasteiger partial charge in [-0.25, -0.2) is 4.79 Å². The van der Waals surface area contributed by atoms with Crippen LogP contribution in [0.15, 0.2) is 24.3 Å². The van der Waals surface area contributed by atoms with Gasteiger partial charge in [0, 0.05) is 23.0 Å². The molecule has 0 aliphatic carbocycles. The Morgan fingerprint density at radius 2 is 2.13 bits per heavy atom. The number of carbonyl (C=O) groups excluding carboxylic acids is 1. The Labute approximate surface area is 92.2 Å². The summed E-state index contributed by atoms with van der Waals surface area (Å²) < 4.78 is 6.47. The van der Waals surface area contributed by atoms with Crippen molar-refractivity contribution in [3.8, 4) is 0 Å². The summed E-state index contributed by atoms with van der Waals surface area (Å²) in [6.45, 7) is 0. The van der Waals surface area contributed by atoms with Crippen LogP contribution in [0.3, 0.4) is 0 Å². The zero-order valence-electron chi connectivity index (χ0n) is 8.45. The van der Waals surface area contributed by atoms with Crippen LogP contribution in [0, 0.1) is 0 Å². The average Bonchev–Trinajstić information content (AvgIpc) is 2.54. The van der Waals surface area contributed by atoms with Gasteiger partial charge in [-0.15, -0.1) is 0 Å². The first-order chi connectivity index (χ1) is 7.13. The van der Waals surface area contributed by atoms with Crippen molar-refractivity contribution >= 4 is 28.5 Å². The van der Waals surface area contributed by atoms with Crippen molar-refractivity contribution in [2.45, 2.75) is 0 Å². The summed E-state index contributed by atoms with van der Waals surface area (Å²) in [6.07, 6.45) is 0. The van der Waals surface area contributed by atoms with E-state index in [1.54, 1.807) is 16.7 Å².